The molecule has 0 fully saturated rings. The van der Waals surface area contributed by atoms with E-state index in [0.29, 0.717) is 0 Å². The van der Waals surface area contributed by atoms with E-state index in [1.165, 1.54) is 24.3 Å². The minimum absolute atomic E-state index is 0.0887. The largest absolute Gasteiger partial charge is 0.381 e. The van der Waals surface area contributed by atoms with Crippen molar-refractivity contribution in [1.82, 2.24) is 9.96 Å². The minimum Gasteiger partial charge on any atom is -0.381 e. The van der Waals surface area contributed by atoms with Crippen molar-refractivity contribution < 1.29 is 33.9 Å². The van der Waals surface area contributed by atoms with Gasteiger partial charge in [-0.05, 0) is 24.3 Å². The summed E-state index contributed by atoms with van der Waals surface area (Å²) in [5.41, 5.74) is 0.679. The van der Waals surface area contributed by atoms with Gasteiger partial charge in [-0.25, -0.2) is 4.79 Å². The van der Waals surface area contributed by atoms with Crippen molar-refractivity contribution in [2.75, 3.05) is 6.54 Å². The molecular weight excluding hydrogens is 380 g/mol. The molecule has 2 heterocycles. The second-order valence-electron chi connectivity index (χ2n) is 6.47. The molecule has 2 aromatic carbocycles. The maximum Gasteiger partial charge on any atom is 0.361 e. The lowest BCUT2D eigenvalue weighted by atomic mass is 10.1. The number of rotatable bonds is 5. The molecule has 0 unspecified atom stereocenters. The van der Waals surface area contributed by atoms with E-state index in [9.17, 15) is 29.1 Å². The topological polar surface area (TPSA) is 121 Å². The van der Waals surface area contributed by atoms with E-state index in [-0.39, 0.29) is 40.3 Å². The number of carbonyl (C=O) groups excluding carboxylic acids is 5. The molecule has 9 nitrogen and oxygen atoms in total. The zero-order valence-electron chi connectivity index (χ0n) is 14.9. The molecule has 2 aliphatic rings. The van der Waals surface area contributed by atoms with Crippen LogP contribution in [0.2, 0.25) is 0 Å². The molecule has 2 aromatic rings. The van der Waals surface area contributed by atoms with Crippen molar-refractivity contribution in [2.45, 2.75) is 12.5 Å². The van der Waals surface area contributed by atoms with Gasteiger partial charge in [0.05, 0.1) is 22.3 Å². The molecule has 4 amide bonds. The SMILES string of the molecule is O=C(ON1C(=O)c2ccccc2C1=O)[C@@H](O)CCN1C(=O)c2ccccc2C1=O. The van der Waals surface area contributed by atoms with Crippen LogP contribution < -0.4 is 0 Å². The number of aliphatic hydroxyl groups is 1. The van der Waals surface area contributed by atoms with Gasteiger partial charge >= 0.3 is 5.97 Å². The summed E-state index contributed by atoms with van der Waals surface area (Å²) in [4.78, 5) is 66.8. The Labute approximate surface area is 164 Å². The third-order valence-corrected chi connectivity index (χ3v) is 4.71. The van der Waals surface area contributed by atoms with Crippen molar-refractivity contribution in [1.29, 1.82) is 0 Å². The van der Waals surface area contributed by atoms with Crippen LogP contribution in [0.3, 0.4) is 0 Å². The van der Waals surface area contributed by atoms with Crippen molar-refractivity contribution >= 4 is 29.6 Å². The summed E-state index contributed by atoms with van der Waals surface area (Å²) in [5, 5.41) is 10.3. The van der Waals surface area contributed by atoms with Gasteiger partial charge in [-0.2, -0.15) is 0 Å². The molecule has 29 heavy (non-hydrogen) atoms. The highest BCUT2D eigenvalue weighted by Crippen LogP contribution is 2.24. The third kappa shape index (κ3) is 2.97. The van der Waals surface area contributed by atoms with Crippen LogP contribution in [0.15, 0.2) is 48.5 Å². The van der Waals surface area contributed by atoms with Crippen molar-refractivity contribution in [3.63, 3.8) is 0 Å². The van der Waals surface area contributed by atoms with E-state index in [1.54, 1.807) is 24.3 Å². The lowest BCUT2D eigenvalue weighted by molar-refractivity contribution is -0.178. The van der Waals surface area contributed by atoms with Crippen LogP contribution in [0.4, 0.5) is 0 Å². The van der Waals surface area contributed by atoms with Gasteiger partial charge in [0.15, 0.2) is 6.10 Å². The highest BCUT2D eigenvalue weighted by atomic mass is 16.7. The van der Waals surface area contributed by atoms with Crippen molar-refractivity contribution in [3.8, 4) is 0 Å². The molecule has 9 heteroatoms. The molecule has 0 bridgehead atoms. The van der Waals surface area contributed by atoms with Crippen molar-refractivity contribution in [2.24, 2.45) is 0 Å². The van der Waals surface area contributed by atoms with Crippen LogP contribution in [-0.4, -0.2) is 57.3 Å². The standard InChI is InChI=1S/C20H14N2O7/c23-15(9-10-21-16(24)11-5-1-2-6-12(11)17(21)25)20(28)29-22-18(26)13-7-3-4-8-14(13)19(22)27/h1-8,15,23H,9-10H2/t15-/m0/s1. The van der Waals surface area contributed by atoms with Gasteiger partial charge in [-0.15, -0.1) is 0 Å². The summed E-state index contributed by atoms with van der Waals surface area (Å²) in [7, 11) is 0. The maximum atomic E-state index is 12.3. The number of imide groups is 2. The van der Waals surface area contributed by atoms with E-state index in [1.807, 2.05) is 0 Å². The Morgan fingerprint density at radius 3 is 1.66 bits per heavy atom. The average Bonchev–Trinajstić information content (AvgIpc) is 3.12. The average molecular weight is 394 g/mol. The first kappa shape index (κ1) is 18.5. The first-order chi connectivity index (χ1) is 13.9. The number of benzene rings is 2. The second-order valence-corrected chi connectivity index (χ2v) is 6.47. The Bertz CT molecular complexity index is 1010. The van der Waals surface area contributed by atoms with Gasteiger partial charge in [-0.1, -0.05) is 29.3 Å². The zero-order valence-corrected chi connectivity index (χ0v) is 14.9. The van der Waals surface area contributed by atoms with Gasteiger partial charge in [0.2, 0.25) is 0 Å². The van der Waals surface area contributed by atoms with E-state index in [4.69, 9.17) is 4.84 Å². The molecule has 0 aromatic heterocycles. The Morgan fingerprint density at radius 2 is 1.21 bits per heavy atom. The summed E-state index contributed by atoms with van der Waals surface area (Å²) in [6.07, 6.45) is -2.06. The number of hydrogen-bond donors (Lipinski definition) is 1. The monoisotopic (exact) mass is 394 g/mol. The summed E-state index contributed by atoms with van der Waals surface area (Å²) in [6.45, 7) is -0.231. The number of hydrogen-bond acceptors (Lipinski definition) is 7. The van der Waals surface area contributed by atoms with Crippen LogP contribution in [-0.2, 0) is 9.63 Å². The quantitative estimate of drug-likeness (QED) is 0.744. The van der Waals surface area contributed by atoms with Gasteiger partial charge in [-0.3, -0.25) is 24.1 Å². The van der Waals surface area contributed by atoms with Crippen LogP contribution in [0.5, 0.6) is 0 Å². The van der Waals surface area contributed by atoms with Crippen LogP contribution in [0, 0.1) is 0 Å². The van der Waals surface area contributed by atoms with Gasteiger partial charge < -0.3 is 9.94 Å². The van der Waals surface area contributed by atoms with Gasteiger partial charge in [0.25, 0.3) is 23.6 Å². The molecule has 1 N–H and O–H groups in total. The molecule has 0 saturated heterocycles. The van der Waals surface area contributed by atoms with Crippen LogP contribution >= 0.6 is 0 Å². The van der Waals surface area contributed by atoms with E-state index >= 15 is 0 Å². The lowest BCUT2D eigenvalue weighted by Crippen LogP contribution is -2.39. The van der Waals surface area contributed by atoms with Crippen LogP contribution in [0.25, 0.3) is 0 Å². The molecular formula is C20H14N2O7. The maximum absolute atomic E-state index is 12.3. The number of fused-ring (bicyclic) bond motifs is 2. The first-order valence-electron chi connectivity index (χ1n) is 8.73. The number of amides is 4. The number of hydroxylamine groups is 2. The minimum atomic E-state index is -1.75. The zero-order chi connectivity index (χ0) is 20.7. The summed E-state index contributed by atoms with van der Waals surface area (Å²) < 4.78 is 0. The number of carbonyl (C=O) groups is 5. The van der Waals surface area contributed by atoms with Gasteiger partial charge in [0, 0.05) is 13.0 Å². The second kappa shape index (κ2) is 6.95. The summed E-state index contributed by atoms with van der Waals surface area (Å²) >= 11 is 0. The Kier molecular flexibility index (Phi) is 4.44. The smallest absolute Gasteiger partial charge is 0.361 e. The molecule has 0 radical (unpaired) electrons. The first-order valence-corrected chi connectivity index (χ1v) is 8.73. The normalized spacial score (nSPS) is 16.2. The predicted octanol–water partition coefficient (Wildman–Crippen LogP) is 0.788. The molecule has 4 rings (SSSR count). The van der Waals surface area contributed by atoms with Crippen molar-refractivity contribution in [3.05, 3.63) is 70.8 Å². The molecule has 2 aliphatic heterocycles. The fourth-order valence-corrected chi connectivity index (χ4v) is 3.21. The number of aliphatic hydroxyl groups excluding tert-OH is 1. The third-order valence-electron chi connectivity index (χ3n) is 4.71. The van der Waals surface area contributed by atoms with Crippen LogP contribution in [0.1, 0.15) is 47.9 Å². The van der Waals surface area contributed by atoms with E-state index < -0.39 is 35.7 Å². The Morgan fingerprint density at radius 1 is 0.793 bits per heavy atom. The molecule has 0 saturated carbocycles. The van der Waals surface area contributed by atoms with E-state index in [0.717, 1.165) is 4.90 Å². The molecule has 0 spiro atoms. The molecule has 1 atom stereocenters. The summed E-state index contributed by atoms with van der Waals surface area (Å²) in [5.74, 6) is -3.91. The molecule has 0 aliphatic carbocycles. The number of nitrogens with zero attached hydrogens (tertiary/aromatic N) is 2. The Hall–Kier alpha value is -3.85. The lowest BCUT2D eigenvalue weighted by Gasteiger charge is -2.18. The van der Waals surface area contributed by atoms with E-state index in [2.05, 4.69) is 0 Å². The molecule has 146 valence electrons. The Balaban J connectivity index is 1.38. The highest BCUT2D eigenvalue weighted by molar-refractivity contribution is 6.21. The predicted molar refractivity (Wildman–Crippen MR) is 95.5 cm³/mol. The van der Waals surface area contributed by atoms with Gasteiger partial charge in [0.1, 0.15) is 0 Å². The fraction of sp³-hybridized carbons (Fsp3) is 0.150. The summed E-state index contributed by atoms with van der Waals surface area (Å²) in [6, 6.07) is 12.2. The fourth-order valence-electron chi connectivity index (χ4n) is 3.21. The highest BCUT2D eigenvalue weighted by Gasteiger charge is 2.40.